The molecule has 4 N–H and O–H groups in total. The summed E-state index contributed by atoms with van der Waals surface area (Å²) in [5.74, 6) is 1.33. The molecule has 0 radical (unpaired) electrons. The lowest BCUT2D eigenvalue weighted by Crippen LogP contribution is -2.56. The zero-order chi connectivity index (χ0) is 8.48. The van der Waals surface area contributed by atoms with Crippen molar-refractivity contribution < 1.29 is 0 Å². The van der Waals surface area contributed by atoms with Crippen molar-refractivity contribution in [2.75, 3.05) is 6.54 Å². The maximum atomic E-state index is 6.17. The minimum atomic E-state index is -0.0718. The Hall–Kier alpha value is -0.0800. The number of hydrogen-bond acceptors (Lipinski definition) is 2. The Morgan fingerprint density at radius 1 is 1.45 bits per heavy atom. The summed E-state index contributed by atoms with van der Waals surface area (Å²) >= 11 is 0. The Bertz CT molecular complexity index is 136. The second-order valence-electron chi connectivity index (χ2n) is 4.10. The zero-order valence-corrected chi connectivity index (χ0v) is 7.64. The highest BCUT2D eigenvalue weighted by atomic mass is 14.8. The molecule has 3 atom stereocenters. The first kappa shape index (κ1) is 9.01. The minimum absolute atomic E-state index is 0.0718. The van der Waals surface area contributed by atoms with Gasteiger partial charge in [0.05, 0.1) is 0 Å². The van der Waals surface area contributed by atoms with Gasteiger partial charge in [-0.1, -0.05) is 26.7 Å². The molecule has 0 aromatic rings. The van der Waals surface area contributed by atoms with Crippen LogP contribution in [0.3, 0.4) is 0 Å². The van der Waals surface area contributed by atoms with Crippen LogP contribution in [0.1, 0.15) is 33.1 Å². The molecular weight excluding hydrogens is 136 g/mol. The molecule has 0 heterocycles. The van der Waals surface area contributed by atoms with Crippen molar-refractivity contribution in [3.05, 3.63) is 0 Å². The maximum Gasteiger partial charge on any atom is 0.0307 e. The molecule has 1 aliphatic rings. The van der Waals surface area contributed by atoms with Gasteiger partial charge in [-0.3, -0.25) is 0 Å². The van der Waals surface area contributed by atoms with Crippen molar-refractivity contribution in [3.8, 4) is 0 Å². The van der Waals surface area contributed by atoms with E-state index < -0.39 is 0 Å². The SMILES string of the molecule is CC1CCCC(N)(CN)C1C. The molecule has 0 aromatic heterocycles. The largest absolute Gasteiger partial charge is 0.329 e. The lowest BCUT2D eigenvalue weighted by Gasteiger charge is -2.42. The lowest BCUT2D eigenvalue weighted by atomic mass is 9.69. The third-order valence-electron chi connectivity index (χ3n) is 3.44. The highest BCUT2D eigenvalue weighted by molar-refractivity contribution is 4.95. The van der Waals surface area contributed by atoms with Crippen molar-refractivity contribution in [2.24, 2.45) is 23.3 Å². The highest BCUT2D eigenvalue weighted by Gasteiger charge is 2.36. The molecule has 1 saturated carbocycles. The molecule has 0 bridgehead atoms. The van der Waals surface area contributed by atoms with Crippen LogP contribution in [0, 0.1) is 11.8 Å². The van der Waals surface area contributed by atoms with E-state index in [1.807, 2.05) is 0 Å². The summed E-state index contributed by atoms with van der Waals surface area (Å²) in [6.07, 6.45) is 3.67. The molecule has 1 rings (SSSR count). The van der Waals surface area contributed by atoms with Crippen LogP contribution in [-0.4, -0.2) is 12.1 Å². The van der Waals surface area contributed by atoms with E-state index in [-0.39, 0.29) is 5.54 Å². The first-order valence-corrected chi connectivity index (χ1v) is 4.59. The van der Waals surface area contributed by atoms with Gasteiger partial charge in [0.15, 0.2) is 0 Å². The van der Waals surface area contributed by atoms with Crippen LogP contribution in [0.2, 0.25) is 0 Å². The van der Waals surface area contributed by atoms with Gasteiger partial charge < -0.3 is 11.5 Å². The molecule has 0 aromatic carbocycles. The molecule has 0 spiro atoms. The van der Waals surface area contributed by atoms with Gasteiger partial charge in [0.25, 0.3) is 0 Å². The van der Waals surface area contributed by atoms with Crippen LogP contribution in [0.5, 0.6) is 0 Å². The van der Waals surface area contributed by atoms with E-state index in [1.165, 1.54) is 12.8 Å². The fourth-order valence-corrected chi connectivity index (χ4v) is 2.09. The summed E-state index contributed by atoms with van der Waals surface area (Å²) in [4.78, 5) is 0. The van der Waals surface area contributed by atoms with E-state index in [1.54, 1.807) is 0 Å². The van der Waals surface area contributed by atoms with Gasteiger partial charge in [-0.2, -0.15) is 0 Å². The highest BCUT2D eigenvalue weighted by Crippen LogP contribution is 2.34. The number of rotatable bonds is 1. The minimum Gasteiger partial charge on any atom is -0.329 e. The summed E-state index contributed by atoms with van der Waals surface area (Å²) in [5, 5.41) is 0. The van der Waals surface area contributed by atoms with Crippen LogP contribution < -0.4 is 11.5 Å². The smallest absolute Gasteiger partial charge is 0.0307 e. The first-order valence-electron chi connectivity index (χ1n) is 4.59. The van der Waals surface area contributed by atoms with Crippen molar-refractivity contribution in [1.29, 1.82) is 0 Å². The topological polar surface area (TPSA) is 52.0 Å². The van der Waals surface area contributed by atoms with Gasteiger partial charge in [0.1, 0.15) is 0 Å². The first-order chi connectivity index (χ1) is 5.10. The normalized spacial score (nSPS) is 45.8. The van der Waals surface area contributed by atoms with Gasteiger partial charge in [0, 0.05) is 12.1 Å². The quantitative estimate of drug-likeness (QED) is 0.597. The summed E-state index contributed by atoms with van der Waals surface area (Å²) in [5.41, 5.74) is 11.8. The Kier molecular flexibility index (Phi) is 2.55. The molecular formula is C9H20N2. The Balaban J connectivity index is 2.64. The molecule has 66 valence electrons. The second-order valence-corrected chi connectivity index (χ2v) is 4.10. The predicted octanol–water partition coefficient (Wildman–Crippen LogP) is 1.10. The van der Waals surface area contributed by atoms with E-state index in [2.05, 4.69) is 13.8 Å². The third-order valence-corrected chi connectivity index (χ3v) is 3.44. The van der Waals surface area contributed by atoms with Crippen LogP contribution in [0.15, 0.2) is 0 Å². The van der Waals surface area contributed by atoms with Gasteiger partial charge in [-0.15, -0.1) is 0 Å². The van der Waals surface area contributed by atoms with E-state index in [4.69, 9.17) is 11.5 Å². The van der Waals surface area contributed by atoms with Crippen LogP contribution in [0.4, 0.5) is 0 Å². The average molecular weight is 156 g/mol. The van der Waals surface area contributed by atoms with Crippen LogP contribution in [0.25, 0.3) is 0 Å². The number of hydrogen-bond donors (Lipinski definition) is 2. The summed E-state index contributed by atoms with van der Waals surface area (Å²) in [6.45, 7) is 5.15. The number of nitrogens with two attached hydrogens (primary N) is 2. The lowest BCUT2D eigenvalue weighted by molar-refractivity contribution is 0.150. The van der Waals surface area contributed by atoms with Crippen molar-refractivity contribution >= 4 is 0 Å². The van der Waals surface area contributed by atoms with Gasteiger partial charge in [0.2, 0.25) is 0 Å². The Morgan fingerprint density at radius 2 is 2.09 bits per heavy atom. The van der Waals surface area contributed by atoms with Crippen LogP contribution >= 0.6 is 0 Å². The van der Waals surface area contributed by atoms with E-state index in [9.17, 15) is 0 Å². The maximum absolute atomic E-state index is 6.17. The second kappa shape index (κ2) is 3.11. The Morgan fingerprint density at radius 3 is 2.55 bits per heavy atom. The molecule has 0 aliphatic heterocycles. The van der Waals surface area contributed by atoms with E-state index in [0.717, 1.165) is 12.3 Å². The van der Waals surface area contributed by atoms with Gasteiger partial charge >= 0.3 is 0 Å². The molecule has 3 unspecified atom stereocenters. The summed E-state index contributed by atoms with van der Waals surface area (Å²) in [6, 6.07) is 0. The molecule has 2 nitrogen and oxygen atoms in total. The summed E-state index contributed by atoms with van der Waals surface area (Å²) < 4.78 is 0. The van der Waals surface area contributed by atoms with Crippen molar-refractivity contribution in [1.82, 2.24) is 0 Å². The fourth-order valence-electron chi connectivity index (χ4n) is 2.09. The predicted molar refractivity (Wildman–Crippen MR) is 48.2 cm³/mol. The van der Waals surface area contributed by atoms with E-state index in [0.29, 0.717) is 12.5 Å². The average Bonchev–Trinajstić information content (AvgIpc) is 2.00. The molecule has 2 heteroatoms. The summed E-state index contributed by atoms with van der Waals surface area (Å²) in [7, 11) is 0. The molecule has 0 saturated heterocycles. The van der Waals surface area contributed by atoms with Crippen molar-refractivity contribution in [3.63, 3.8) is 0 Å². The molecule has 1 aliphatic carbocycles. The van der Waals surface area contributed by atoms with E-state index >= 15 is 0 Å². The zero-order valence-electron chi connectivity index (χ0n) is 7.64. The van der Waals surface area contributed by atoms with Crippen LogP contribution in [-0.2, 0) is 0 Å². The standard InChI is InChI=1S/C9H20N2/c1-7-4-3-5-9(11,6-10)8(7)2/h7-8H,3-6,10-11H2,1-2H3. The Labute approximate surface area is 69.3 Å². The monoisotopic (exact) mass is 156 g/mol. The third kappa shape index (κ3) is 1.57. The molecule has 0 amide bonds. The van der Waals surface area contributed by atoms with Crippen molar-refractivity contribution in [2.45, 2.75) is 38.6 Å². The van der Waals surface area contributed by atoms with Gasteiger partial charge in [-0.05, 0) is 18.3 Å². The molecule has 11 heavy (non-hydrogen) atoms. The molecule has 1 fully saturated rings. The van der Waals surface area contributed by atoms with Gasteiger partial charge in [-0.25, -0.2) is 0 Å². The fraction of sp³-hybridized carbons (Fsp3) is 1.00.